The highest BCUT2D eigenvalue weighted by molar-refractivity contribution is 7.92. The van der Waals surface area contributed by atoms with Crippen molar-refractivity contribution in [1.82, 2.24) is 5.32 Å². The summed E-state index contributed by atoms with van der Waals surface area (Å²) >= 11 is 0. The van der Waals surface area contributed by atoms with Crippen molar-refractivity contribution in [2.45, 2.75) is 23.0 Å². The summed E-state index contributed by atoms with van der Waals surface area (Å²) in [5, 5.41) is 11.5. The second-order valence-corrected chi connectivity index (χ2v) is 6.57. The zero-order valence-electron chi connectivity index (χ0n) is 9.80. The summed E-state index contributed by atoms with van der Waals surface area (Å²) in [6.07, 6.45) is 1.44. The lowest BCUT2D eigenvalue weighted by Crippen LogP contribution is -2.38. The molecule has 1 fully saturated rings. The maximum absolute atomic E-state index is 12.3. The normalized spacial score (nSPS) is 20.6. The Bertz CT molecular complexity index is 547. The van der Waals surface area contributed by atoms with E-state index in [1.807, 2.05) is 0 Å². The molecule has 1 unspecified atom stereocenters. The fraction of sp³-hybridized carbons (Fsp3) is 0.417. The number of hydrogen-bond donors (Lipinski definition) is 2. The molecule has 0 aromatic heterocycles. The standard InChI is InChI=1S/C12H15NO4S/c14-12(15)9-3-1-4-10(7-9)18(16,17)11-5-2-6-13-8-11/h1,3-4,7,11,13H,2,5-6,8H2,(H,14,15). The summed E-state index contributed by atoms with van der Waals surface area (Å²) < 4.78 is 24.7. The number of hydrogen-bond acceptors (Lipinski definition) is 4. The highest BCUT2D eigenvalue weighted by atomic mass is 32.2. The van der Waals surface area contributed by atoms with Crippen LogP contribution in [0.3, 0.4) is 0 Å². The van der Waals surface area contributed by atoms with Crippen LogP contribution in [0, 0.1) is 0 Å². The van der Waals surface area contributed by atoms with E-state index in [1.54, 1.807) is 0 Å². The molecule has 1 atom stereocenters. The van der Waals surface area contributed by atoms with E-state index < -0.39 is 21.1 Å². The quantitative estimate of drug-likeness (QED) is 0.852. The zero-order chi connectivity index (χ0) is 13.2. The number of carboxylic acid groups (broad SMARTS) is 1. The van der Waals surface area contributed by atoms with Gasteiger partial charge in [0.2, 0.25) is 0 Å². The van der Waals surface area contributed by atoms with Crippen molar-refractivity contribution in [3.63, 3.8) is 0 Å². The summed E-state index contributed by atoms with van der Waals surface area (Å²) in [4.78, 5) is 10.9. The average molecular weight is 269 g/mol. The fourth-order valence-electron chi connectivity index (χ4n) is 2.08. The van der Waals surface area contributed by atoms with Gasteiger partial charge in [-0.3, -0.25) is 0 Å². The molecule has 0 aliphatic carbocycles. The van der Waals surface area contributed by atoms with Gasteiger partial charge >= 0.3 is 5.97 Å². The molecular formula is C12H15NO4S. The van der Waals surface area contributed by atoms with Crippen LogP contribution in [-0.4, -0.2) is 37.8 Å². The van der Waals surface area contributed by atoms with Gasteiger partial charge in [0.25, 0.3) is 0 Å². The van der Waals surface area contributed by atoms with Gasteiger partial charge in [0.05, 0.1) is 15.7 Å². The Balaban J connectivity index is 2.34. The second kappa shape index (κ2) is 5.07. The van der Waals surface area contributed by atoms with Gasteiger partial charge in [-0.2, -0.15) is 0 Å². The third-order valence-corrected chi connectivity index (χ3v) is 5.29. The van der Waals surface area contributed by atoms with Crippen LogP contribution in [0.15, 0.2) is 29.2 Å². The molecule has 0 radical (unpaired) electrons. The van der Waals surface area contributed by atoms with Gasteiger partial charge in [-0.15, -0.1) is 0 Å². The van der Waals surface area contributed by atoms with Gasteiger partial charge in [-0.1, -0.05) is 6.07 Å². The number of carboxylic acids is 1. The van der Waals surface area contributed by atoms with E-state index >= 15 is 0 Å². The summed E-state index contributed by atoms with van der Waals surface area (Å²) in [5.74, 6) is -1.12. The number of nitrogens with one attached hydrogen (secondary N) is 1. The van der Waals surface area contributed by atoms with E-state index in [2.05, 4.69) is 5.32 Å². The van der Waals surface area contributed by atoms with Gasteiger partial charge in [0.1, 0.15) is 0 Å². The molecule has 0 amide bonds. The highest BCUT2D eigenvalue weighted by Gasteiger charge is 2.29. The SMILES string of the molecule is O=C(O)c1cccc(S(=O)(=O)C2CCCNC2)c1. The first-order chi connectivity index (χ1) is 8.51. The monoisotopic (exact) mass is 269 g/mol. The molecule has 1 aliphatic heterocycles. The molecular weight excluding hydrogens is 254 g/mol. The summed E-state index contributed by atoms with van der Waals surface area (Å²) in [7, 11) is -3.44. The van der Waals surface area contributed by atoms with E-state index in [4.69, 9.17) is 5.11 Å². The molecule has 2 rings (SSSR count). The molecule has 5 nitrogen and oxygen atoms in total. The van der Waals surface area contributed by atoms with Crippen molar-refractivity contribution in [3.8, 4) is 0 Å². The molecule has 1 aromatic carbocycles. The minimum atomic E-state index is -3.44. The number of rotatable bonds is 3. The lowest BCUT2D eigenvalue weighted by Gasteiger charge is -2.22. The molecule has 1 aliphatic rings. The maximum Gasteiger partial charge on any atom is 0.335 e. The van der Waals surface area contributed by atoms with Crippen LogP contribution in [0.4, 0.5) is 0 Å². The van der Waals surface area contributed by atoms with Gasteiger partial charge in [0, 0.05) is 6.54 Å². The Hall–Kier alpha value is -1.40. The number of piperidine rings is 1. The fourth-order valence-corrected chi connectivity index (χ4v) is 3.84. The lowest BCUT2D eigenvalue weighted by atomic mass is 10.2. The largest absolute Gasteiger partial charge is 0.478 e. The van der Waals surface area contributed by atoms with Gasteiger partial charge in [0.15, 0.2) is 9.84 Å². The first-order valence-electron chi connectivity index (χ1n) is 5.80. The predicted molar refractivity (Wildman–Crippen MR) is 66.5 cm³/mol. The number of carbonyl (C=O) groups is 1. The molecule has 1 saturated heterocycles. The average Bonchev–Trinajstić information content (AvgIpc) is 2.40. The topological polar surface area (TPSA) is 83.5 Å². The molecule has 6 heteroatoms. The Morgan fingerprint density at radius 3 is 2.78 bits per heavy atom. The highest BCUT2D eigenvalue weighted by Crippen LogP contribution is 2.21. The van der Waals surface area contributed by atoms with Crippen molar-refractivity contribution in [2.24, 2.45) is 0 Å². The maximum atomic E-state index is 12.3. The van der Waals surface area contributed by atoms with Crippen molar-refractivity contribution in [2.75, 3.05) is 13.1 Å². The van der Waals surface area contributed by atoms with Crippen molar-refractivity contribution >= 4 is 15.8 Å². The molecule has 18 heavy (non-hydrogen) atoms. The first kappa shape index (κ1) is 13.0. The summed E-state index contributed by atoms with van der Waals surface area (Å²) in [5.41, 5.74) is -0.000145. The molecule has 98 valence electrons. The zero-order valence-corrected chi connectivity index (χ0v) is 10.6. The van der Waals surface area contributed by atoms with Crippen molar-refractivity contribution in [1.29, 1.82) is 0 Å². The number of sulfone groups is 1. The summed E-state index contributed by atoms with van der Waals surface area (Å²) in [6.45, 7) is 1.26. The molecule has 0 saturated carbocycles. The van der Waals surface area contributed by atoms with Crippen LogP contribution in [0.25, 0.3) is 0 Å². The van der Waals surface area contributed by atoms with E-state index in [-0.39, 0.29) is 10.5 Å². The lowest BCUT2D eigenvalue weighted by molar-refractivity contribution is 0.0696. The Labute approximate surface area is 106 Å². The van der Waals surface area contributed by atoms with Gasteiger partial charge in [-0.05, 0) is 37.6 Å². The van der Waals surface area contributed by atoms with Crippen molar-refractivity contribution < 1.29 is 18.3 Å². The van der Waals surface area contributed by atoms with E-state index in [0.717, 1.165) is 13.0 Å². The smallest absolute Gasteiger partial charge is 0.335 e. The molecule has 0 bridgehead atoms. The number of benzene rings is 1. The molecule has 0 spiro atoms. The Morgan fingerprint density at radius 1 is 1.39 bits per heavy atom. The minimum absolute atomic E-state index is 0.000145. The third-order valence-electron chi connectivity index (χ3n) is 3.10. The van der Waals surface area contributed by atoms with Crippen LogP contribution >= 0.6 is 0 Å². The van der Waals surface area contributed by atoms with Crippen LogP contribution in [0.1, 0.15) is 23.2 Å². The molecule has 1 heterocycles. The Kier molecular flexibility index (Phi) is 3.68. The summed E-state index contributed by atoms with van der Waals surface area (Å²) in [6, 6.07) is 5.54. The van der Waals surface area contributed by atoms with Crippen LogP contribution in [0.5, 0.6) is 0 Å². The van der Waals surface area contributed by atoms with Crippen LogP contribution in [0.2, 0.25) is 0 Å². The van der Waals surface area contributed by atoms with Crippen LogP contribution in [-0.2, 0) is 9.84 Å². The molecule has 2 N–H and O–H groups in total. The van der Waals surface area contributed by atoms with Gasteiger partial charge < -0.3 is 10.4 Å². The van der Waals surface area contributed by atoms with E-state index in [1.165, 1.54) is 24.3 Å². The first-order valence-corrected chi connectivity index (χ1v) is 7.34. The van der Waals surface area contributed by atoms with E-state index in [9.17, 15) is 13.2 Å². The Morgan fingerprint density at radius 2 is 2.17 bits per heavy atom. The van der Waals surface area contributed by atoms with Crippen LogP contribution < -0.4 is 5.32 Å². The van der Waals surface area contributed by atoms with Crippen molar-refractivity contribution in [3.05, 3.63) is 29.8 Å². The van der Waals surface area contributed by atoms with Gasteiger partial charge in [-0.25, -0.2) is 13.2 Å². The second-order valence-electron chi connectivity index (χ2n) is 4.35. The minimum Gasteiger partial charge on any atom is -0.478 e. The molecule has 1 aromatic rings. The van der Waals surface area contributed by atoms with E-state index in [0.29, 0.717) is 13.0 Å². The number of aromatic carboxylic acids is 1. The predicted octanol–water partition coefficient (Wildman–Crippen LogP) is 0.910. The third kappa shape index (κ3) is 2.54.